The molecule has 0 spiro atoms. The maximum atomic E-state index is 11.7. The summed E-state index contributed by atoms with van der Waals surface area (Å²) in [6.07, 6.45) is 0. The molecule has 0 rings (SSSR count). The average Bonchev–Trinajstić information content (AvgIpc) is 2.11. The smallest absolute Gasteiger partial charge is 0.323 e. The van der Waals surface area contributed by atoms with Crippen molar-refractivity contribution in [2.45, 2.75) is 58.7 Å². The molecule has 0 heterocycles. The lowest BCUT2D eigenvalue weighted by Gasteiger charge is -2.34. The van der Waals surface area contributed by atoms with Gasteiger partial charge < -0.3 is 15.0 Å². The van der Waals surface area contributed by atoms with Crippen molar-refractivity contribution in [3.05, 3.63) is 0 Å². The Balaban J connectivity index is 4.19. The summed E-state index contributed by atoms with van der Waals surface area (Å²) in [5, 5.41) is 3.21. The molecule has 102 valence electrons. The molecule has 0 aromatic heterocycles. The molecule has 0 saturated carbocycles. The lowest BCUT2D eigenvalue weighted by Crippen LogP contribution is -2.51. The van der Waals surface area contributed by atoms with E-state index in [1.165, 1.54) is 0 Å². The topological polar surface area (TPSA) is 41.6 Å². The molecule has 0 radical (unpaired) electrons. The summed E-state index contributed by atoms with van der Waals surface area (Å²) in [6, 6.07) is -0.284. The molecule has 0 aliphatic heterocycles. The Morgan fingerprint density at radius 1 is 1.24 bits per heavy atom. The Morgan fingerprint density at radius 2 is 1.71 bits per heavy atom. The highest BCUT2D eigenvalue weighted by atomic mass is 16.6. The van der Waals surface area contributed by atoms with Gasteiger partial charge in [0, 0.05) is 12.1 Å². The number of esters is 1. The van der Waals surface area contributed by atoms with Gasteiger partial charge in [-0.15, -0.1) is 0 Å². The number of nitrogens with zero attached hydrogens (tertiary/aromatic N) is 1. The first kappa shape index (κ1) is 16.4. The standard InChI is InChI=1S/C13H28N2O2/c1-10(11(16)17-12(2,3)4)14-9-13(5,6)15(7)8/h10,14H,9H2,1-8H3. The van der Waals surface area contributed by atoms with E-state index in [0.29, 0.717) is 0 Å². The Bertz CT molecular complexity index is 255. The van der Waals surface area contributed by atoms with Gasteiger partial charge in [0.1, 0.15) is 11.6 Å². The van der Waals surface area contributed by atoms with Gasteiger partial charge in [0.05, 0.1) is 0 Å². The summed E-state index contributed by atoms with van der Waals surface area (Å²) >= 11 is 0. The molecule has 0 amide bonds. The van der Waals surface area contributed by atoms with Crippen LogP contribution in [0.4, 0.5) is 0 Å². The van der Waals surface area contributed by atoms with Gasteiger partial charge in [0.2, 0.25) is 0 Å². The highest BCUT2D eigenvalue weighted by Crippen LogP contribution is 2.10. The fourth-order valence-corrected chi connectivity index (χ4v) is 1.03. The Morgan fingerprint density at radius 3 is 2.06 bits per heavy atom. The van der Waals surface area contributed by atoms with Gasteiger partial charge in [-0.3, -0.25) is 4.79 Å². The molecule has 0 saturated heterocycles. The van der Waals surface area contributed by atoms with Crippen LogP contribution in [-0.4, -0.2) is 48.7 Å². The van der Waals surface area contributed by atoms with Crippen molar-refractivity contribution in [2.24, 2.45) is 0 Å². The third-order valence-corrected chi connectivity index (χ3v) is 2.81. The number of hydrogen-bond donors (Lipinski definition) is 1. The largest absolute Gasteiger partial charge is 0.459 e. The van der Waals surface area contributed by atoms with Crippen molar-refractivity contribution >= 4 is 5.97 Å². The van der Waals surface area contributed by atoms with E-state index < -0.39 is 5.60 Å². The summed E-state index contributed by atoms with van der Waals surface area (Å²) in [6.45, 7) is 12.5. The quantitative estimate of drug-likeness (QED) is 0.747. The normalized spacial score (nSPS) is 14.9. The van der Waals surface area contributed by atoms with Crippen molar-refractivity contribution in [1.29, 1.82) is 0 Å². The predicted octanol–water partition coefficient (Wildman–Crippen LogP) is 1.65. The molecule has 4 heteroatoms. The van der Waals surface area contributed by atoms with E-state index in [1.54, 1.807) is 0 Å². The second-order valence-corrected chi connectivity index (χ2v) is 6.34. The van der Waals surface area contributed by atoms with Crippen molar-refractivity contribution in [3.63, 3.8) is 0 Å². The number of ether oxygens (including phenoxy) is 1. The van der Waals surface area contributed by atoms with Crippen LogP contribution in [-0.2, 0) is 9.53 Å². The van der Waals surface area contributed by atoms with Crippen LogP contribution in [0.5, 0.6) is 0 Å². The second-order valence-electron chi connectivity index (χ2n) is 6.34. The van der Waals surface area contributed by atoms with Gasteiger partial charge in [-0.2, -0.15) is 0 Å². The molecule has 4 nitrogen and oxygen atoms in total. The minimum absolute atomic E-state index is 0.0102. The molecule has 1 atom stereocenters. The zero-order valence-corrected chi connectivity index (χ0v) is 12.5. The molecule has 0 bridgehead atoms. The van der Waals surface area contributed by atoms with Crippen molar-refractivity contribution in [3.8, 4) is 0 Å². The van der Waals surface area contributed by atoms with E-state index in [1.807, 2.05) is 41.8 Å². The summed E-state index contributed by atoms with van der Waals surface area (Å²) in [5.74, 6) is -0.202. The third-order valence-electron chi connectivity index (χ3n) is 2.81. The maximum absolute atomic E-state index is 11.7. The van der Waals surface area contributed by atoms with E-state index >= 15 is 0 Å². The number of hydrogen-bond acceptors (Lipinski definition) is 4. The first-order valence-electron chi connectivity index (χ1n) is 6.09. The Labute approximate surface area is 106 Å². The minimum Gasteiger partial charge on any atom is -0.459 e. The highest BCUT2D eigenvalue weighted by Gasteiger charge is 2.25. The number of carbonyl (C=O) groups is 1. The van der Waals surface area contributed by atoms with Crippen LogP contribution in [0.25, 0.3) is 0 Å². The molecule has 0 aromatic rings. The fraction of sp³-hybridized carbons (Fsp3) is 0.923. The van der Waals surface area contributed by atoms with E-state index in [-0.39, 0.29) is 17.6 Å². The molecule has 0 fully saturated rings. The van der Waals surface area contributed by atoms with Crippen LogP contribution in [0, 0.1) is 0 Å². The van der Waals surface area contributed by atoms with Crippen LogP contribution in [0.2, 0.25) is 0 Å². The number of likely N-dealkylation sites (N-methyl/N-ethyl adjacent to an activating group) is 1. The van der Waals surface area contributed by atoms with E-state index in [9.17, 15) is 4.79 Å². The second kappa shape index (κ2) is 5.83. The van der Waals surface area contributed by atoms with E-state index in [4.69, 9.17) is 4.74 Å². The molecule has 0 aliphatic carbocycles. The van der Waals surface area contributed by atoms with Crippen LogP contribution >= 0.6 is 0 Å². The monoisotopic (exact) mass is 244 g/mol. The summed E-state index contributed by atoms with van der Waals surface area (Å²) in [7, 11) is 4.06. The van der Waals surface area contributed by atoms with Crippen LogP contribution < -0.4 is 5.32 Å². The lowest BCUT2D eigenvalue weighted by molar-refractivity contribution is -0.157. The van der Waals surface area contributed by atoms with Gasteiger partial charge >= 0.3 is 5.97 Å². The third kappa shape index (κ3) is 6.64. The Hall–Kier alpha value is -0.610. The zero-order chi connectivity index (χ0) is 13.9. The van der Waals surface area contributed by atoms with Gasteiger partial charge in [0.15, 0.2) is 0 Å². The molecule has 1 unspecified atom stereocenters. The molecule has 0 aromatic carbocycles. The summed E-state index contributed by atoms with van der Waals surface area (Å²) < 4.78 is 5.31. The molecular formula is C13H28N2O2. The van der Waals surface area contributed by atoms with Crippen molar-refractivity contribution < 1.29 is 9.53 Å². The van der Waals surface area contributed by atoms with E-state index in [2.05, 4.69) is 24.1 Å². The fourth-order valence-electron chi connectivity index (χ4n) is 1.03. The number of carbonyl (C=O) groups excluding carboxylic acids is 1. The van der Waals surface area contributed by atoms with Gasteiger partial charge in [-0.05, 0) is 55.6 Å². The number of nitrogens with one attached hydrogen (secondary N) is 1. The van der Waals surface area contributed by atoms with Crippen LogP contribution in [0.15, 0.2) is 0 Å². The molecule has 17 heavy (non-hydrogen) atoms. The Kier molecular flexibility index (Phi) is 5.62. The van der Waals surface area contributed by atoms with Crippen molar-refractivity contribution in [1.82, 2.24) is 10.2 Å². The van der Waals surface area contributed by atoms with Crippen LogP contribution in [0.1, 0.15) is 41.5 Å². The molecule has 1 N–H and O–H groups in total. The summed E-state index contributed by atoms with van der Waals surface area (Å²) in [5.41, 5.74) is -0.416. The first-order valence-corrected chi connectivity index (χ1v) is 6.09. The molecular weight excluding hydrogens is 216 g/mol. The summed E-state index contributed by atoms with van der Waals surface area (Å²) in [4.78, 5) is 13.9. The van der Waals surface area contributed by atoms with Gasteiger partial charge in [-0.1, -0.05) is 0 Å². The maximum Gasteiger partial charge on any atom is 0.323 e. The molecule has 0 aliphatic rings. The first-order chi connectivity index (χ1) is 7.46. The average molecular weight is 244 g/mol. The van der Waals surface area contributed by atoms with Gasteiger partial charge in [-0.25, -0.2) is 0 Å². The predicted molar refractivity (Wildman–Crippen MR) is 71.1 cm³/mol. The minimum atomic E-state index is -0.426. The highest BCUT2D eigenvalue weighted by molar-refractivity contribution is 5.75. The lowest BCUT2D eigenvalue weighted by atomic mass is 10.0. The van der Waals surface area contributed by atoms with Crippen LogP contribution in [0.3, 0.4) is 0 Å². The number of rotatable bonds is 5. The zero-order valence-electron chi connectivity index (χ0n) is 12.5. The van der Waals surface area contributed by atoms with Crippen molar-refractivity contribution in [2.75, 3.05) is 20.6 Å². The van der Waals surface area contributed by atoms with E-state index in [0.717, 1.165) is 6.54 Å². The SMILES string of the molecule is CC(NCC(C)(C)N(C)C)C(=O)OC(C)(C)C. The van der Waals surface area contributed by atoms with Gasteiger partial charge in [0.25, 0.3) is 0 Å².